The monoisotopic (exact) mass is 358 g/mol. The number of carbonyl (C=O) groups excluding carboxylic acids is 2. The lowest BCUT2D eigenvalue weighted by Crippen LogP contribution is -2.27. The van der Waals surface area contributed by atoms with Gasteiger partial charge in [-0.05, 0) is 19.1 Å². The summed E-state index contributed by atoms with van der Waals surface area (Å²) in [5.41, 5.74) is 2.79. The Hall–Kier alpha value is -2.67. The molecule has 0 radical (unpaired) electrons. The molecule has 1 heterocycles. The van der Waals surface area contributed by atoms with Crippen LogP contribution in [0.3, 0.4) is 0 Å². The highest BCUT2D eigenvalue weighted by Crippen LogP contribution is 2.18. The van der Waals surface area contributed by atoms with Gasteiger partial charge >= 0.3 is 0 Å². The maximum atomic E-state index is 12.7. The van der Waals surface area contributed by atoms with Crippen LogP contribution in [0.15, 0.2) is 30.7 Å². The molecule has 7 heteroatoms. The molecule has 2 aromatic rings. The van der Waals surface area contributed by atoms with Crippen molar-refractivity contribution in [2.75, 3.05) is 19.0 Å². The Bertz CT molecular complexity index is 768. The molecule has 2 rings (SSSR count). The number of nitrogens with one attached hydrogen (secondary N) is 2. The smallest absolute Gasteiger partial charge is 0.253 e. The fourth-order valence-corrected chi connectivity index (χ4v) is 2.38. The Morgan fingerprint density at radius 3 is 2.77 bits per heavy atom. The van der Waals surface area contributed by atoms with Gasteiger partial charge in [0.15, 0.2) is 0 Å². The van der Waals surface area contributed by atoms with E-state index in [-0.39, 0.29) is 17.7 Å². The molecular weight excluding hydrogens is 332 g/mol. The molecule has 0 aliphatic carbocycles. The zero-order valence-corrected chi connectivity index (χ0v) is 15.7. The second-order valence-corrected chi connectivity index (χ2v) is 6.45. The lowest BCUT2D eigenvalue weighted by atomic mass is 10.1. The summed E-state index contributed by atoms with van der Waals surface area (Å²) in [4.78, 5) is 28.8. The Morgan fingerprint density at radius 2 is 2.08 bits per heavy atom. The molecule has 140 valence electrons. The average molecular weight is 358 g/mol. The highest BCUT2D eigenvalue weighted by molar-refractivity contribution is 6.04. The van der Waals surface area contributed by atoms with E-state index in [1.165, 1.54) is 0 Å². The number of aryl methyl sites for hydroxylation is 1. The summed E-state index contributed by atoms with van der Waals surface area (Å²) in [6, 6.07) is 5.40. The van der Waals surface area contributed by atoms with Crippen LogP contribution < -0.4 is 10.6 Å². The molecule has 2 N–H and O–H groups in total. The third-order valence-electron chi connectivity index (χ3n) is 3.97. The van der Waals surface area contributed by atoms with Gasteiger partial charge in [-0.1, -0.05) is 25.5 Å². The van der Waals surface area contributed by atoms with Gasteiger partial charge in [0, 0.05) is 25.8 Å². The molecule has 0 spiro atoms. The van der Waals surface area contributed by atoms with Crippen LogP contribution in [0, 0.1) is 12.8 Å². The van der Waals surface area contributed by atoms with Gasteiger partial charge in [-0.25, -0.2) is 4.98 Å². The molecule has 0 atom stereocenters. The number of hydrogen-bond donors (Lipinski definition) is 2. The number of anilines is 1. The van der Waals surface area contributed by atoms with E-state index in [4.69, 9.17) is 4.74 Å². The van der Waals surface area contributed by atoms with E-state index in [9.17, 15) is 9.59 Å². The summed E-state index contributed by atoms with van der Waals surface area (Å²) in [5, 5.41) is 5.71. The first-order valence-corrected chi connectivity index (χ1v) is 8.60. The minimum Gasteiger partial charge on any atom is -0.383 e. The molecular formula is C19H26N4O3. The van der Waals surface area contributed by atoms with Gasteiger partial charge in [0.25, 0.3) is 5.91 Å². The summed E-state index contributed by atoms with van der Waals surface area (Å²) in [5.74, 6) is -0.532. The van der Waals surface area contributed by atoms with Crippen molar-refractivity contribution in [1.29, 1.82) is 0 Å². The third kappa shape index (κ3) is 5.16. The third-order valence-corrected chi connectivity index (χ3v) is 3.97. The van der Waals surface area contributed by atoms with Crippen molar-refractivity contribution in [2.24, 2.45) is 5.92 Å². The van der Waals surface area contributed by atoms with E-state index in [0.717, 1.165) is 11.3 Å². The number of aromatic nitrogens is 2. The van der Waals surface area contributed by atoms with Crippen LogP contribution >= 0.6 is 0 Å². The van der Waals surface area contributed by atoms with E-state index in [1.807, 2.05) is 31.4 Å². The first kappa shape index (κ1) is 19.7. The zero-order valence-electron chi connectivity index (χ0n) is 15.7. The number of carbonyl (C=O) groups is 2. The van der Waals surface area contributed by atoms with Crippen molar-refractivity contribution in [3.05, 3.63) is 47.5 Å². The SMILES string of the molecule is COCCn1cncc1CNC(=O)c1cc(C)ccc1NC(=O)C(C)C. The van der Waals surface area contributed by atoms with Crippen molar-refractivity contribution < 1.29 is 14.3 Å². The van der Waals surface area contributed by atoms with Gasteiger partial charge in [0.1, 0.15) is 0 Å². The second-order valence-electron chi connectivity index (χ2n) is 6.45. The van der Waals surface area contributed by atoms with Crippen LogP contribution in [0.1, 0.15) is 35.5 Å². The number of methoxy groups -OCH3 is 1. The molecule has 0 unspecified atom stereocenters. The number of benzene rings is 1. The molecule has 1 aromatic carbocycles. The van der Waals surface area contributed by atoms with Crippen molar-refractivity contribution >= 4 is 17.5 Å². The first-order valence-electron chi connectivity index (χ1n) is 8.60. The maximum Gasteiger partial charge on any atom is 0.253 e. The van der Waals surface area contributed by atoms with E-state index in [0.29, 0.717) is 30.9 Å². The Balaban J connectivity index is 2.10. The van der Waals surface area contributed by atoms with E-state index >= 15 is 0 Å². The van der Waals surface area contributed by atoms with Crippen LogP contribution in [-0.4, -0.2) is 35.1 Å². The highest BCUT2D eigenvalue weighted by Gasteiger charge is 2.16. The topological polar surface area (TPSA) is 85.2 Å². The first-order chi connectivity index (χ1) is 12.4. The Kier molecular flexibility index (Phi) is 6.91. The number of rotatable bonds is 8. The molecule has 7 nitrogen and oxygen atoms in total. The molecule has 0 saturated heterocycles. The van der Waals surface area contributed by atoms with E-state index < -0.39 is 0 Å². The molecule has 1 aromatic heterocycles. The molecule has 0 bridgehead atoms. The molecule has 0 aliphatic rings. The van der Waals surface area contributed by atoms with Crippen molar-refractivity contribution in [3.63, 3.8) is 0 Å². The standard InChI is InChI=1S/C19H26N4O3/c1-13(2)18(24)22-17-6-5-14(3)9-16(17)19(25)21-11-15-10-20-12-23(15)7-8-26-4/h5-6,9-10,12-13H,7-8,11H2,1-4H3,(H,21,25)(H,22,24). The van der Waals surface area contributed by atoms with Gasteiger partial charge in [0.2, 0.25) is 5.91 Å². The molecule has 2 amide bonds. The summed E-state index contributed by atoms with van der Waals surface area (Å²) in [6.45, 7) is 7.11. The number of hydrogen-bond acceptors (Lipinski definition) is 4. The van der Waals surface area contributed by atoms with Crippen LogP contribution in [0.5, 0.6) is 0 Å². The predicted octanol–water partition coefficient (Wildman–Crippen LogP) is 2.36. The van der Waals surface area contributed by atoms with Gasteiger partial charge in [-0.15, -0.1) is 0 Å². The molecule has 0 saturated carbocycles. The largest absolute Gasteiger partial charge is 0.383 e. The fourth-order valence-electron chi connectivity index (χ4n) is 2.38. The van der Waals surface area contributed by atoms with Gasteiger partial charge in [-0.3, -0.25) is 9.59 Å². The highest BCUT2D eigenvalue weighted by atomic mass is 16.5. The number of amides is 2. The van der Waals surface area contributed by atoms with Gasteiger partial charge in [-0.2, -0.15) is 0 Å². The van der Waals surface area contributed by atoms with Crippen molar-refractivity contribution in [1.82, 2.24) is 14.9 Å². The normalized spacial score (nSPS) is 10.8. The van der Waals surface area contributed by atoms with E-state index in [2.05, 4.69) is 15.6 Å². The summed E-state index contributed by atoms with van der Waals surface area (Å²) in [7, 11) is 1.64. The minimum absolute atomic E-state index is 0.124. The molecule has 0 aliphatic heterocycles. The second kappa shape index (κ2) is 9.15. The predicted molar refractivity (Wildman–Crippen MR) is 99.9 cm³/mol. The lowest BCUT2D eigenvalue weighted by Gasteiger charge is -2.14. The summed E-state index contributed by atoms with van der Waals surface area (Å²) in [6.07, 6.45) is 3.43. The van der Waals surface area contributed by atoms with Crippen molar-refractivity contribution in [2.45, 2.75) is 33.9 Å². The summed E-state index contributed by atoms with van der Waals surface area (Å²) >= 11 is 0. The Morgan fingerprint density at radius 1 is 1.31 bits per heavy atom. The average Bonchev–Trinajstić information content (AvgIpc) is 3.06. The maximum absolute atomic E-state index is 12.7. The zero-order chi connectivity index (χ0) is 19.1. The Labute approximate surface area is 153 Å². The number of imidazole rings is 1. The number of ether oxygens (including phenoxy) is 1. The quantitative estimate of drug-likeness (QED) is 0.759. The fraction of sp³-hybridized carbons (Fsp3) is 0.421. The van der Waals surface area contributed by atoms with Crippen molar-refractivity contribution in [3.8, 4) is 0 Å². The number of nitrogens with zero attached hydrogens (tertiary/aromatic N) is 2. The van der Waals surface area contributed by atoms with Crippen LogP contribution in [0.2, 0.25) is 0 Å². The van der Waals surface area contributed by atoms with Crippen LogP contribution in [-0.2, 0) is 22.6 Å². The van der Waals surface area contributed by atoms with Gasteiger partial charge < -0.3 is 19.9 Å². The molecule has 0 fully saturated rings. The van der Waals surface area contributed by atoms with Crippen LogP contribution in [0.4, 0.5) is 5.69 Å². The van der Waals surface area contributed by atoms with E-state index in [1.54, 1.807) is 31.8 Å². The molecule has 26 heavy (non-hydrogen) atoms. The van der Waals surface area contributed by atoms with Gasteiger partial charge in [0.05, 0.1) is 36.4 Å². The van der Waals surface area contributed by atoms with Crippen LogP contribution in [0.25, 0.3) is 0 Å². The lowest BCUT2D eigenvalue weighted by molar-refractivity contribution is -0.118. The minimum atomic E-state index is -0.243. The summed E-state index contributed by atoms with van der Waals surface area (Å²) < 4.78 is 7.01.